The summed E-state index contributed by atoms with van der Waals surface area (Å²) in [5, 5.41) is 9.49. The van der Waals surface area contributed by atoms with Gasteiger partial charge in [-0.05, 0) is 50.4 Å². The number of nitrogens with zero attached hydrogens (tertiary/aromatic N) is 1. The van der Waals surface area contributed by atoms with Crippen LogP contribution in [0.2, 0.25) is 0 Å². The molecule has 1 N–H and O–H groups in total. The highest BCUT2D eigenvalue weighted by Crippen LogP contribution is 2.42. The minimum Gasteiger partial charge on any atom is -0.480 e. The molecule has 1 amide bonds. The number of likely N-dealkylation sites (tertiary alicyclic amines) is 1. The minimum atomic E-state index is -0.814. The van der Waals surface area contributed by atoms with Gasteiger partial charge in [0.2, 0.25) is 5.91 Å². The van der Waals surface area contributed by atoms with Gasteiger partial charge in [-0.1, -0.05) is 19.8 Å². The van der Waals surface area contributed by atoms with Crippen LogP contribution in [0.25, 0.3) is 0 Å². The summed E-state index contributed by atoms with van der Waals surface area (Å²) in [6.45, 7) is 1.99. The molecule has 4 unspecified atom stereocenters. The summed E-state index contributed by atoms with van der Waals surface area (Å²) in [6.07, 6.45) is 8.41. The number of carboxylic acids is 1. The van der Waals surface area contributed by atoms with Crippen LogP contribution in [0.1, 0.15) is 58.3 Å². The van der Waals surface area contributed by atoms with E-state index in [0.29, 0.717) is 18.3 Å². The fourth-order valence-corrected chi connectivity index (χ4v) is 4.23. The van der Waals surface area contributed by atoms with E-state index in [1.54, 1.807) is 4.90 Å². The molecule has 3 fully saturated rings. The van der Waals surface area contributed by atoms with Gasteiger partial charge in [0.25, 0.3) is 0 Å². The van der Waals surface area contributed by atoms with E-state index in [0.717, 1.165) is 32.1 Å². The molecule has 0 aromatic rings. The largest absolute Gasteiger partial charge is 0.480 e. The monoisotopic (exact) mass is 279 g/mol. The van der Waals surface area contributed by atoms with Crippen LogP contribution in [0.5, 0.6) is 0 Å². The number of carbonyl (C=O) groups is 2. The number of fused-ring (bicyclic) bond motifs is 1. The van der Waals surface area contributed by atoms with Crippen LogP contribution in [-0.4, -0.2) is 34.0 Å². The fourth-order valence-electron chi connectivity index (χ4n) is 4.23. The lowest BCUT2D eigenvalue weighted by molar-refractivity contribution is -0.160. The van der Waals surface area contributed by atoms with Gasteiger partial charge >= 0.3 is 5.97 Å². The number of piperidine rings is 1. The average Bonchev–Trinajstić information content (AvgIpc) is 3.29. The summed E-state index contributed by atoms with van der Waals surface area (Å²) in [6, 6.07) is -0.393. The van der Waals surface area contributed by atoms with Crippen LogP contribution in [0.3, 0.4) is 0 Å². The Labute approximate surface area is 120 Å². The highest BCUT2D eigenvalue weighted by atomic mass is 16.4. The van der Waals surface area contributed by atoms with Gasteiger partial charge in [-0.15, -0.1) is 0 Å². The van der Waals surface area contributed by atoms with Gasteiger partial charge in [-0.3, -0.25) is 4.79 Å². The van der Waals surface area contributed by atoms with E-state index in [1.165, 1.54) is 12.8 Å². The van der Waals surface area contributed by atoms with E-state index >= 15 is 0 Å². The van der Waals surface area contributed by atoms with E-state index in [-0.39, 0.29) is 17.9 Å². The van der Waals surface area contributed by atoms with Gasteiger partial charge < -0.3 is 10.0 Å². The summed E-state index contributed by atoms with van der Waals surface area (Å²) in [5.41, 5.74) is 0. The zero-order valence-corrected chi connectivity index (χ0v) is 12.3. The Morgan fingerprint density at radius 1 is 1.05 bits per heavy atom. The first-order valence-corrected chi connectivity index (χ1v) is 8.14. The number of amides is 1. The molecule has 0 spiro atoms. The number of carboxylic acid groups (broad SMARTS) is 1. The van der Waals surface area contributed by atoms with E-state index in [4.69, 9.17) is 0 Å². The van der Waals surface area contributed by atoms with E-state index in [2.05, 4.69) is 0 Å². The lowest BCUT2D eigenvalue weighted by Gasteiger charge is -2.48. The Hall–Kier alpha value is -1.06. The maximum atomic E-state index is 12.8. The molecule has 1 saturated heterocycles. The first-order chi connectivity index (χ1) is 9.59. The highest BCUT2D eigenvalue weighted by Gasteiger charge is 2.46. The number of hydrogen-bond acceptors (Lipinski definition) is 2. The summed E-state index contributed by atoms with van der Waals surface area (Å²) < 4.78 is 0. The van der Waals surface area contributed by atoms with Crippen molar-refractivity contribution in [1.82, 2.24) is 4.90 Å². The molecule has 0 bridgehead atoms. The molecule has 3 rings (SSSR count). The van der Waals surface area contributed by atoms with Crippen LogP contribution >= 0.6 is 0 Å². The van der Waals surface area contributed by atoms with Crippen LogP contribution < -0.4 is 0 Å². The van der Waals surface area contributed by atoms with Crippen molar-refractivity contribution < 1.29 is 14.7 Å². The molecule has 0 aromatic carbocycles. The first-order valence-electron chi connectivity index (χ1n) is 8.14. The van der Waals surface area contributed by atoms with E-state index in [1.807, 2.05) is 6.92 Å². The van der Waals surface area contributed by atoms with Crippen LogP contribution in [0, 0.1) is 17.8 Å². The van der Waals surface area contributed by atoms with Gasteiger partial charge in [0, 0.05) is 12.0 Å². The summed E-state index contributed by atoms with van der Waals surface area (Å²) in [4.78, 5) is 26.2. The Bertz CT molecular complexity index is 405. The van der Waals surface area contributed by atoms with Gasteiger partial charge in [0.05, 0.1) is 0 Å². The number of hydrogen-bond donors (Lipinski definition) is 1. The van der Waals surface area contributed by atoms with Crippen molar-refractivity contribution in [2.24, 2.45) is 17.8 Å². The standard InChI is InChI=1S/C16H25NO3/c1-10(11-6-7-11)15(18)17-13-5-3-2-4-12(13)8-9-14(17)16(19)20/h10-14H,2-9H2,1H3,(H,19,20). The molecule has 1 heterocycles. The van der Waals surface area contributed by atoms with E-state index in [9.17, 15) is 14.7 Å². The van der Waals surface area contributed by atoms with Crippen LogP contribution in [0.4, 0.5) is 0 Å². The third kappa shape index (κ3) is 2.45. The molecule has 0 radical (unpaired) electrons. The third-order valence-corrected chi connectivity index (χ3v) is 5.63. The van der Waals surface area contributed by atoms with Crippen molar-refractivity contribution in [1.29, 1.82) is 0 Å². The quantitative estimate of drug-likeness (QED) is 0.864. The third-order valence-electron chi connectivity index (χ3n) is 5.63. The normalized spacial score (nSPS) is 35.2. The fraction of sp³-hybridized carbons (Fsp3) is 0.875. The molecular formula is C16H25NO3. The second-order valence-corrected chi connectivity index (χ2v) is 6.91. The summed E-state index contributed by atoms with van der Waals surface area (Å²) >= 11 is 0. The molecule has 2 aliphatic carbocycles. The summed E-state index contributed by atoms with van der Waals surface area (Å²) in [7, 11) is 0. The molecular weight excluding hydrogens is 254 g/mol. The number of rotatable bonds is 3. The first kappa shape index (κ1) is 13.9. The highest BCUT2D eigenvalue weighted by molar-refractivity contribution is 5.86. The molecule has 4 atom stereocenters. The molecule has 4 heteroatoms. The molecule has 4 nitrogen and oxygen atoms in total. The number of aliphatic carboxylic acids is 1. The molecule has 2 saturated carbocycles. The van der Waals surface area contributed by atoms with Crippen molar-refractivity contribution in [3.8, 4) is 0 Å². The Balaban J connectivity index is 1.82. The Kier molecular flexibility index (Phi) is 3.74. The second-order valence-electron chi connectivity index (χ2n) is 6.91. The maximum absolute atomic E-state index is 12.8. The topological polar surface area (TPSA) is 57.6 Å². The molecule has 20 heavy (non-hydrogen) atoms. The molecule has 3 aliphatic rings. The number of carbonyl (C=O) groups excluding carboxylic acids is 1. The smallest absolute Gasteiger partial charge is 0.326 e. The second kappa shape index (κ2) is 5.38. The lowest BCUT2D eigenvalue weighted by Crippen LogP contribution is -2.58. The zero-order valence-electron chi connectivity index (χ0n) is 12.3. The van der Waals surface area contributed by atoms with E-state index < -0.39 is 12.0 Å². The minimum absolute atomic E-state index is 0.0116. The Morgan fingerprint density at radius 3 is 2.40 bits per heavy atom. The predicted octanol–water partition coefficient (Wildman–Crippen LogP) is 2.67. The van der Waals surface area contributed by atoms with Crippen LogP contribution in [0.15, 0.2) is 0 Å². The van der Waals surface area contributed by atoms with Gasteiger partial charge in [0.1, 0.15) is 6.04 Å². The van der Waals surface area contributed by atoms with Gasteiger partial charge in [-0.2, -0.15) is 0 Å². The van der Waals surface area contributed by atoms with Crippen molar-refractivity contribution in [2.45, 2.75) is 70.4 Å². The SMILES string of the molecule is CC(C(=O)N1C(C(=O)O)CCC2CCCCC21)C1CC1. The van der Waals surface area contributed by atoms with Crippen molar-refractivity contribution in [3.05, 3.63) is 0 Å². The predicted molar refractivity (Wildman–Crippen MR) is 75.1 cm³/mol. The molecule has 0 aromatic heterocycles. The zero-order chi connectivity index (χ0) is 14.3. The Morgan fingerprint density at radius 2 is 1.75 bits per heavy atom. The van der Waals surface area contributed by atoms with Crippen molar-refractivity contribution in [3.63, 3.8) is 0 Å². The maximum Gasteiger partial charge on any atom is 0.326 e. The molecule has 1 aliphatic heterocycles. The summed E-state index contributed by atoms with van der Waals surface area (Å²) in [5.74, 6) is 0.343. The van der Waals surface area contributed by atoms with Gasteiger partial charge in [-0.25, -0.2) is 4.79 Å². The van der Waals surface area contributed by atoms with Crippen molar-refractivity contribution in [2.75, 3.05) is 0 Å². The van der Waals surface area contributed by atoms with Gasteiger partial charge in [0.15, 0.2) is 0 Å². The van der Waals surface area contributed by atoms with Crippen LogP contribution in [-0.2, 0) is 9.59 Å². The molecule has 112 valence electrons. The average molecular weight is 279 g/mol. The van der Waals surface area contributed by atoms with Crippen molar-refractivity contribution >= 4 is 11.9 Å². The lowest BCUT2D eigenvalue weighted by atomic mass is 9.75.